The summed E-state index contributed by atoms with van der Waals surface area (Å²) in [7, 11) is 2.80. The van der Waals surface area contributed by atoms with Crippen molar-refractivity contribution in [2.75, 3.05) is 14.2 Å². The summed E-state index contributed by atoms with van der Waals surface area (Å²) in [6.45, 7) is 3.90. The summed E-state index contributed by atoms with van der Waals surface area (Å²) < 4.78 is 42.8. The van der Waals surface area contributed by atoms with Crippen LogP contribution in [0.3, 0.4) is 0 Å². The van der Waals surface area contributed by atoms with Crippen LogP contribution >= 0.6 is 0 Å². The van der Waals surface area contributed by atoms with Gasteiger partial charge in [-0.3, -0.25) is 0 Å². The first-order valence-corrected chi connectivity index (χ1v) is 6.19. The molecule has 2 aromatic rings. The fraction of sp³-hybridized carbons (Fsp3) is 0.333. The molecular formula is C15H16F2O3. The lowest BCUT2D eigenvalue weighted by Gasteiger charge is -2.11. The number of furan rings is 1. The monoisotopic (exact) mass is 282 g/mol. The molecule has 0 saturated heterocycles. The number of halogens is 2. The van der Waals surface area contributed by atoms with Gasteiger partial charge >= 0.3 is 0 Å². The summed E-state index contributed by atoms with van der Waals surface area (Å²) >= 11 is 0. The maximum atomic E-state index is 13.8. The normalized spacial score (nSPS) is 10.9. The highest BCUT2D eigenvalue weighted by Gasteiger charge is 2.23. The molecule has 2 rings (SSSR count). The van der Waals surface area contributed by atoms with Crippen LogP contribution in [0.4, 0.5) is 8.78 Å². The van der Waals surface area contributed by atoms with E-state index in [1.54, 1.807) is 0 Å². The van der Waals surface area contributed by atoms with Gasteiger partial charge in [-0.25, -0.2) is 4.39 Å². The van der Waals surface area contributed by atoms with E-state index >= 15 is 0 Å². The first-order valence-electron chi connectivity index (χ1n) is 6.19. The summed E-state index contributed by atoms with van der Waals surface area (Å²) in [5.74, 6) is -0.899. The smallest absolute Gasteiger partial charge is 0.201 e. The highest BCUT2D eigenvalue weighted by atomic mass is 19.2. The number of rotatable bonds is 4. The summed E-state index contributed by atoms with van der Waals surface area (Å²) in [5, 5.41) is 0. The molecule has 0 aliphatic heterocycles. The zero-order valence-corrected chi connectivity index (χ0v) is 11.8. The second-order valence-corrected chi connectivity index (χ2v) is 4.64. The third kappa shape index (κ3) is 2.24. The third-order valence-electron chi connectivity index (χ3n) is 3.04. The molecular weight excluding hydrogens is 266 g/mol. The molecule has 0 N–H and O–H groups in total. The van der Waals surface area contributed by atoms with Gasteiger partial charge in [-0.1, -0.05) is 13.8 Å². The maximum Gasteiger partial charge on any atom is 0.201 e. The average Bonchev–Trinajstić information content (AvgIpc) is 2.85. The Hall–Kier alpha value is -2.04. The first-order chi connectivity index (χ1) is 9.51. The van der Waals surface area contributed by atoms with Crippen molar-refractivity contribution in [3.8, 4) is 22.6 Å². The Kier molecular flexibility index (Phi) is 3.97. The van der Waals surface area contributed by atoms with Crippen molar-refractivity contribution in [1.82, 2.24) is 0 Å². The van der Waals surface area contributed by atoms with Gasteiger partial charge < -0.3 is 13.9 Å². The van der Waals surface area contributed by atoms with Crippen LogP contribution in [0, 0.1) is 11.6 Å². The van der Waals surface area contributed by atoms with Crippen molar-refractivity contribution in [2.45, 2.75) is 19.8 Å². The molecule has 1 heterocycles. The Morgan fingerprint density at radius 1 is 1.00 bits per heavy atom. The predicted octanol–water partition coefficient (Wildman–Crippen LogP) is 4.37. The highest BCUT2D eigenvalue weighted by Crippen LogP contribution is 2.43. The predicted molar refractivity (Wildman–Crippen MR) is 71.3 cm³/mol. The minimum Gasteiger partial charge on any atom is -0.493 e. The first kappa shape index (κ1) is 14.4. The molecule has 0 radical (unpaired) electrons. The number of benzene rings is 1. The minimum absolute atomic E-state index is 0.106. The van der Waals surface area contributed by atoms with E-state index < -0.39 is 11.6 Å². The molecule has 0 spiro atoms. The van der Waals surface area contributed by atoms with Crippen LogP contribution in [-0.2, 0) is 0 Å². The van der Waals surface area contributed by atoms with E-state index in [4.69, 9.17) is 13.9 Å². The van der Waals surface area contributed by atoms with Crippen molar-refractivity contribution >= 4 is 0 Å². The molecule has 1 aromatic carbocycles. The van der Waals surface area contributed by atoms with Crippen molar-refractivity contribution in [1.29, 1.82) is 0 Å². The van der Waals surface area contributed by atoms with Crippen molar-refractivity contribution in [2.24, 2.45) is 0 Å². The number of ether oxygens (including phenoxy) is 2. The van der Waals surface area contributed by atoms with Gasteiger partial charge in [0, 0.05) is 11.5 Å². The quantitative estimate of drug-likeness (QED) is 0.834. The van der Waals surface area contributed by atoms with Crippen LogP contribution in [0.1, 0.15) is 25.5 Å². The fourth-order valence-corrected chi connectivity index (χ4v) is 2.10. The lowest BCUT2D eigenvalue weighted by molar-refractivity contribution is 0.372. The molecule has 0 atom stereocenters. The average molecular weight is 282 g/mol. The zero-order valence-electron chi connectivity index (χ0n) is 11.8. The van der Waals surface area contributed by atoms with E-state index in [0.717, 1.165) is 6.07 Å². The highest BCUT2D eigenvalue weighted by molar-refractivity contribution is 5.76. The lowest BCUT2D eigenvalue weighted by Crippen LogP contribution is -1.96. The zero-order chi connectivity index (χ0) is 14.9. The Morgan fingerprint density at radius 3 is 2.20 bits per heavy atom. The molecule has 0 fully saturated rings. The number of hydrogen-bond donors (Lipinski definition) is 0. The van der Waals surface area contributed by atoms with E-state index in [-0.39, 0.29) is 11.7 Å². The molecule has 5 heteroatoms. The maximum absolute atomic E-state index is 13.8. The summed E-state index contributed by atoms with van der Waals surface area (Å²) in [4.78, 5) is 0. The van der Waals surface area contributed by atoms with Gasteiger partial charge in [-0.05, 0) is 12.1 Å². The van der Waals surface area contributed by atoms with Gasteiger partial charge in [0.25, 0.3) is 0 Å². The Balaban J connectivity index is 2.66. The molecule has 1 aromatic heterocycles. The van der Waals surface area contributed by atoms with Gasteiger partial charge in [0.05, 0.1) is 19.8 Å². The fourth-order valence-electron chi connectivity index (χ4n) is 2.10. The van der Waals surface area contributed by atoms with Crippen molar-refractivity contribution in [3.05, 3.63) is 35.8 Å². The molecule has 0 unspecified atom stereocenters. The van der Waals surface area contributed by atoms with E-state index in [0.29, 0.717) is 22.6 Å². The largest absolute Gasteiger partial charge is 0.493 e. The Bertz CT molecular complexity index is 618. The summed E-state index contributed by atoms with van der Waals surface area (Å²) in [5.41, 5.74) is 0.922. The van der Waals surface area contributed by atoms with Crippen LogP contribution in [0.25, 0.3) is 11.1 Å². The topological polar surface area (TPSA) is 31.6 Å². The van der Waals surface area contributed by atoms with Gasteiger partial charge in [0.15, 0.2) is 17.3 Å². The molecule has 0 saturated carbocycles. The molecule has 3 nitrogen and oxygen atoms in total. The number of methoxy groups -OCH3 is 2. The van der Waals surface area contributed by atoms with Gasteiger partial charge in [-0.2, -0.15) is 4.39 Å². The minimum atomic E-state index is -1.03. The van der Waals surface area contributed by atoms with Crippen LogP contribution in [0.5, 0.6) is 11.5 Å². The van der Waals surface area contributed by atoms with Crippen LogP contribution in [-0.4, -0.2) is 14.2 Å². The van der Waals surface area contributed by atoms with Gasteiger partial charge in [-0.15, -0.1) is 0 Å². The van der Waals surface area contributed by atoms with Crippen molar-refractivity contribution < 1.29 is 22.7 Å². The second kappa shape index (κ2) is 5.53. The van der Waals surface area contributed by atoms with Gasteiger partial charge in [0.2, 0.25) is 5.82 Å². The second-order valence-electron chi connectivity index (χ2n) is 4.64. The van der Waals surface area contributed by atoms with Gasteiger partial charge in [0.1, 0.15) is 12.0 Å². The molecule has 108 valence electrons. The Labute approximate surface area is 116 Å². The van der Waals surface area contributed by atoms with Crippen LogP contribution < -0.4 is 9.47 Å². The van der Waals surface area contributed by atoms with Crippen LogP contribution in [0.15, 0.2) is 22.8 Å². The molecule has 20 heavy (non-hydrogen) atoms. The van der Waals surface area contributed by atoms with Crippen molar-refractivity contribution in [3.63, 3.8) is 0 Å². The molecule has 0 amide bonds. The molecule has 0 aliphatic carbocycles. The number of hydrogen-bond acceptors (Lipinski definition) is 3. The van der Waals surface area contributed by atoms with E-state index in [1.807, 2.05) is 13.8 Å². The van der Waals surface area contributed by atoms with E-state index in [1.165, 1.54) is 26.5 Å². The standard InChI is InChI=1S/C15H16F2O3/c1-8(2)13-15(19-4)10(7-20-13)9-5-6-11(16)12(17)14(9)18-3/h5-8H,1-4H3. The lowest BCUT2D eigenvalue weighted by atomic mass is 10.0. The molecule has 0 bridgehead atoms. The Morgan fingerprint density at radius 2 is 1.65 bits per heavy atom. The SMILES string of the molecule is COc1c(-c2ccc(F)c(F)c2OC)coc1C(C)C. The summed E-state index contributed by atoms with van der Waals surface area (Å²) in [6, 6.07) is 2.49. The van der Waals surface area contributed by atoms with E-state index in [9.17, 15) is 8.78 Å². The molecule has 0 aliphatic rings. The van der Waals surface area contributed by atoms with E-state index in [2.05, 4.69) is 0 Å². The third-order valence-corrected chi connectivity index (χ3v) is 3.04. The van der Waals surface area contributed by atoms with Crippen LogP contribution in [0.2, 0.25) is 0 Å². The summed E-state index contributed by atoms with van der Waals surface area (Å²) in [6.07, 6.45) is 1.46.